The van der Waals surface area contributed by atoms with E-state index in [9.17, 15) is 5.11 Å². The van der Waals surface area contributed by atoms with Gasteiger partial charge in [-0.2, -0.15) is 0 Å². The molecule has 3 heterocycles. The van der Waals surface area contributed by atoms with Crippen molar-refractivity contribution in [2.75, 3.05) is 13.2 Å². The summed E-state index contributed by atoms with van der Waals surface area (Å²) >= 11 is 5.91. The average molecular weight is 341 g/mol. The monoisotopic (exact) mass is 340 g/mol. The molecule has 0 spiro atoms. The van der Waals surface area contributed by atoms with Crippen molar-refractivity contribution in [3.63, 3.8) is 0 Å². The van der Waals surface area contributed by atoms with Crippen LogP contribution in [0, 0.1) is 0 Å². The second-order valence-electron chi connectivity index (χ2n) is 5.44. The minimum absolute atomic E-state index is 0.0539. The molecule has 120 valence electrons. The standard InChI is InChI=1S/C17H13ClN4O2/c18-10-1-2-13(15(23)7-10)16-12-3-5-19-8-14(12)17(22-21-16)20-11-4-6-24-9-11/h1-3,5,7-8,23H,4,6,9H2. The van der Waals surface area contributed by atoms with Gasteiger partial charge < -0.3 is 9.84 Å². The third kappa shape index (κ3) is 2.70. The Kier molecular flexibility index (Phi) is 3.84. The van der Waals surface area contributed by atoms with Gasteiger partial charge in [-0.05, 0) is 24.3 Å². The van der Waals surface area contributed by atoms with E-state index in [-0.39, 0.29) is 5.75 Å². The molecule has 2 aromatic heterocycles. The molecule has 0 aliphatic carbocycles. The van der Waals surface area contributed by atoms with Crippen LogP contribution in [0.5, 0.6) is 5.75 Å². The highest BCUT2D eigenvalue weighted by Crippen LogP contribution is 2.36. The number of phenols is 1. The maximum Gasteiger partial charge on any atom is 0.183 e. The van der Waals surface area contributed by atoms with E-state index in [1.54, 1.807) is 24.5 Å². The van der Waals surface area contributed by atoms with Crippen molar-refractivity contribution in [3.05, 3.63) is 41.7 Å². The summed E-state index contributed by atoms with van der Waals surface area (Å²) in [6.45, 7) is 1.20. The largest absolute Gasteiger partial charge is 0.507 e. The number of pyridine rings is 1. The molecule has 0 atom stereocenters. The zero-order chi connectivity index (χ0) is 16.5. The third-order valence-corrected chi connectivity index (χ3v) is 4.08. The van der Waals surface area contributed by atoms with Crippen LogP contribution in [0.2, 0.25) is 5.02 Å². The summed E-state index contributed by atoms with van der Waals surface area (Å²) in [5.41, 5.74) is 2.07. The number of fused-ring (bicyclic) bond motifs is 1. The summed E-state index contributed by atoms with van der Waals surface area (Å²) in [6, 6.07) is 6.74. The van der Waals surface area contributed by atoms with Crippen LogP contribution < -0.4 is 0 Å². The second-order valence-corrected chi connectivity index (χ2v) is 5.87. The Balaban J connectivity index is 1.91. The van der Waals surface area contributed by atoms with E-state index in [4.69, 9.17) is 16.3 Å². The minimum atomic E-state index is 0.0539. The fourth-order valence-electron chi connectivity index (χ4n) is 2.66. The van der Waals surface area contributed by atoms with Gasteiger partial charge in [-0.25, -0.2) is 4.99 Å². The van der Waals surface area contributed by atoms with Crippen LogP contribution in [0.3, 0.4) is 0 Å². The number of ether oxygens (including phenoxy) is 1. The normalized spacial score (nSPS) is 16.1. The first-order valence-corrected chi connectivity index (χ1v) is 7.83. The quantitative estimate of drug-likeness (QED) is 0.771. The number of aromatic nitrogens is 3. The fraction of sp³-hybridized carbons (Fsp3) is 0.176. The first-order valence-electron chi connectivity index (χ1n) is 7.46. The molecule has 0 saturated carbocycles. The van der Waals surface area contributed by atoms with Crippen molar-refractivity contribution in [1.29, 1.82) is 0 Å². The van der Waals surface area contributed by atoms with Crippen molar-refractivity contribution >= 4 is 33.9 Å². The predicted octanol–water partition coefficient (Wildman–Crippen LogP) is 3.54. The van der Waals surface area contributed by atoms with Gasteiger partial charge in [0.05, 0.1) is 13.2 Å². The Morgan fingerprint density at radius 2 is 2.08 bits per heavy atom. The first-order chi connectivity index (χ1) is 11.7. The van der Waals surface area contributed by atoms with E-state index in [2.05, 4.69) is 20.2 Å². The first kappa shape index (κ1) is 15.0. The van der Waals surface area contributed by atoms with Gasteiger partial charge in [-0.1, -0.05) is 11.6 Å². The number of nitrogens with zero attached hydrogens (tertiary/aromatic N) is 4. The summed E-state index contributed by atoms with van der Waals surface area (Å²) in [5, 5.41) is 20.8. The lowest BCUT2D eigenvalue weighted by atomic mass is 10.1. The number of halogens is 1. The van der Waals surface area contributed by atoms with Crippen molar-refractivity contribution in [3.8, 4) is 17.0 Å². The van der Waals surface area contributed by atoms with Crippen LogP contribution in [-0.4, -0.2) is 39.2 Å². The smallest absolute Gasteiger partial charge is 0.183 e. The Morgan fingerprint density at radius 3 is 2.88 bits per heavy atom. The van der Waals surface area contributed by atoms with Crippen molar-refractivity contribution < 1.29 is 9.84 Å². The number of benzene rings is 1. The molecule has 1 saturated heterocycles. The molecule has 24 heavy (non-hydrogen) atoms. The molecule has 0 amide bonds. The molecule has 1 aromatic carbocycles. The number of hydrogen-bond donors (Lipinski definition) is 1. The molecule has 1 fully saturated rings. The van der Waals surface area contributed by atoms with E-state index < -0.39 is 0 Å². The summed E-state index contributed by atoms with van der Waals surface area (Å²) in [5.74, 6) is 0.564. The molecule has 0 bridgehead atoms. The molecule has 1 N–H and O–H groups in total. The lowest BCUT2D eigenvalue weighted by Crippen LogP contribution is -1.97. The molecule has 0 unspecified atom stereocenters. The van der Waals surface area contributed by atoms with Crippen LogP contribution in [0.1, 0.15) is 6.42 Å². The van der Waals surface area contributed by atoms with Crippen LogP contribution >= 0.6 is 11.6 Å². The maximum atomic E-state index is 10.2. The zero-order valence-corrected chi connectivity index (χ0v) is 13.4. The summed E-state index contributed by atoms with van der Waals surface area (Å²) < 4.78 is 5.32. The average Bonchev–Trinajstić information content (AvgIpc) is 3.09. The lowest BCUT2D eigenvalue weighted by molar-refractivity contribution is 0.209. The number of hydrogen-bond acceptors (Lipinski definition) is 6. The van der Waals surface area contributed by atoms with Gasteiger partial charge in [-0.15, -0.1) is 10.2 Å². The van der Waals surface area contributed by atoms with Gasteiger partial charge in [-0.3, -0.25) is 4.98 Å². The number of phenolic OH excluding ortho intramolecular Hbond substituents is 1. The van der Waals surface area contributed by atoms with Crippen LogP contribution in [0.15, 0.2) is 41.7 Å². The van der Waals surface area contributed by atoms with E-state index in [0.29, 0.717) is 35.3 Å². The summed E-state index contributed by atoms with van der Waals surface area (Å²) in [4.78, 5) is 8.72. The Bertz CT molecular complexity index is 950. The fourth-order valence-corrected chi connectivity index (χ4v) is 2.83. The molecule has 1 aliphatic rings. The van der Waals surface area contributed by atoms with E-state index >= 15 is 0 Å². The highest BCUT2D eigenvalue weighted by Gasteiger charge is 2.16. The predicted molar refractivity (Wildman–Crippen MR) is 92.0 cm³/mol. The van der Waals surface area contributed by atoms with E-state index in [1.807, 2.05) is 6.07 Å². The highest BCUT2D eigenvalue weighted by atomic mass is 35.5. The molecule has 0 radical (unpaired) electrons. The SMILES string of the molecule is Oc1cc(Cl)ccc1-c1nnc(N=C2CCOC2)c2cnccc12. The van der Waals surface area contributed by atoms with E-state index in [0.717, 1.165) is 22.9 Å². The summed E-state index contributed by atoms with van der Waals surface area (Å²) in [6.07, 6.45) is 4.18. The molecule has 3 aromatic rings. The van der Waals surface area contributed by atoms with Crippen molar-refractivity contribution in [2.24, 2.45) is 4.99 Å². The molecule has 1 aliphatic heterocycles. The maximum absolute atomic E-state index is 10.2. The number of aliphatic imine (C=N–C) groups is 1. The van der Waals surface area contributed by atoms with E-state index in [1.165, 1.54) is 6.07 Å². The van der Waals surface area contributed by atoms with Crippen LogP contribution in [0.4, 0.5) is 5.82 Å². The van der Waals surface area contributed by atoms with Gasteiger partial charge in [0, 0.05) is 45.9 Å². The van der Waals surface area contributed by atoms with Gasteiger partial charge in [0.15, 0.2) is 5.82 Å². The van der Waals surface area contributed by atoms with Crippen molar-refractivity contribution in [2.45, 2.75) is 6.42 Å². The molecular weight excluding hydrogens is 328 g/mol. The van der Waals surface area contributed by atoms with Crippen LogP contribution in [-0.2, 0) is 4.74 Å². The number of rotatable bonds is 2. The highest BCUT2D eigenvalue weighted by molar-refractivity contribution is 6.30. The second kappa shape index (κ2) is 6.14. The van der Waals surface area contributed by atoms with Crippen molar-refractivity contribution in [1.82, 2.24) is 15.2 Å². The van der Waals surface area contributed by atoms with Crippen LogP contribution in [0.25, 0.3) is 22.0 Å². The molecule has 7 heteroatoms. The molecule has 4 rings (SSSR count). The van der Waals surface area contributed by atoms with Gasteiger partial charge in [0.25, 0.3) is 0 Å². The Morgan fingerprint density at radius 1 is 1.17 bits per heavy atom. The summed E-state index contributed by atoms with van der Waals surface area (Å²) in [7, 11) is 0. The minimum Gasteiger partial charge on any atom is -0.507 e. The van der Waals surface area contributed by atoms with Gasteiger partial charge in [0.2, 0.25) is 0 Å². The van der Waals surface area contributed by atoms with Gasteiger partial charge in [0.1, 0.15) is 11.4 Å². The zero-order valence-electron chi connectivity index (χ0n) is 12.6. The number of aromatic hydroxyl groups is 1. The lowest BCUT2D eigenvalue weighted by Gasteiger charge is -2.09. The molecular formula is C17H13ClN4O2. The Hall–Kier alpha value is -2.57. The van der Waals surface area contributed by atoms with Gasteiger partial charge >= 0.3 is 0 Å². The topological polar surface area (TPSA) is 80.5 Å². The molecule has 6 nitrogen and oxygen atoms in total. The Labute approximate surface area is 142 Å². The third-order valence-electron chi connectivity index (χ3n) is 3.84.